The van der Waals surface area contributed by atoms with Gasteiger partial charge in [-0.2, -0.15) is 5.10 Å². The average Bonchev–Trinajstić information content (AvgIpc) is 3.45. The summed E-state index contributed by atoms with van der Waals surface area (Å²) in [5.41, 5.74) is 0.173. The van der Waals surface area contributed by atoms with Gasteiger partial charge < -0.3 is 19.8 Å². The van der Waals surface area contributed by atoms with Gasteiger partial charge in [-0.1, -0.05) is 0 Å². The summed E-state index contributed by atoms with van der Waals surface area (Å²) in [5.74, 6) is -1.91. The molecular formula is C23H19N5O5. The molecule has 1 saturated heterocycles. The molecular weight excluding hydrogens is 426 g/mol. The first-order valence-electron chi connectivity index (χ1n) is 10.3. The summed E-state index contributed by atoms with van der Waals surface area (Å²) >= 11 is 0. The van der Waals surface area contributed by atoms with Crippen molar-refractivity contribution in [3.05, 3.63) is 67.3 Å². The second-order valence-electron chi connectivity index (χ2n) is 7.67. The first kappa shape index (κ1) is 20.4. The molecule has 1 aliphatic heterocycles. The lowest BCUT2D eigenvalue weighted by Crippen LogP contribution is -2.57. The molecule has 4 aromatic rings. The van der Waals surface area contributed by atoms with Crippen LogP contribution >= 0.6 is 0 Å². The van der Waals surface area contributed by atoms with Crippen molar-refractivity contribution in [2.75, 3.05) is 11.4 Å². The zero-order chi connectivity index (χ0) is 23.0. The Labute approximate surface area is 187 Å². The number of carboxylic acids is 2. The molecule has 10 nitrogen and oxygen atoms in total. The van der Waals surface area contributed by atoms with E-state index < -0.39 is 17.5 Å². The molecule has 0 bridgehead atoms. The van der Waals surface area contributed by atoms with Gasteiger partial charge in [0.05, 0.1) is 35.5 Å². The van der Waals surface area contributed by atoms with Crippen LogP contribution in [0.4, 0.5) is 5.69 Å². The lowest BCUT2D eigenvalue weighted by atomic mass is 9.96. The Morgan fingerprint density at radius 1 is 1.00 bits per heavy atom. The van der Waals surface area contributed by atoms with Crippen molar-refractivity contribution in [2.45, 2.75) is 18.4 Å². The number of hydrogen-bond acceptors (Lipinski definition) is 7. The Bertz CT molecular complexity index is 1320. The van der Waals surface area contributed by atoms with Crippen LogP contribution in [0.5, 0.6) is 11.6 Å². The summed E-state index contributed by atoms with van der Waals surface area (Å²) in [6.07, 6.45) is 7.08. The first-order valence-corrected chi connectivity index (χ1v) is 10.3. The molecule has 0 amide bonds. The molecule has 10 heteroatoms. The van der Waals surface area contributed by atoms with Crippen molar-refractivity contribution in [1.29, 1.82) is 0 Å². The van der Waals surface area contributed by atoms with E-state index >= 15 is 0 Å². The largest absolute Gasteiger partial charge is 0.479 e. The number of fused-ring (bicyclic) bond motifs is 1. The second kappa shape index (κ2) is 7.90. The lowest BCUT2D eigenvalue weighted by molar-refractivity contribution is -0.156. The number of aliphatic carboxylic acids is 2. The van der Waals surface area contributed by atoms with Gasteiger partial charge in [0.1, 0.15) is 5.75 Å². The number of anilines is 1. The number of benzene rings is 1. The monoisotopic (exact) mass is 445 g/mol. The van der Waals surface area contributed by atoms with Gasteiger partial charge in [-0.25, -0.2) is 19.3 Å². The van der Waals surface area contributed by atoms with E-state index in [1.54, 1.807) is 41.5 Å². The van der Waals surface area contributed by atoms with Crippen LogP contribution in [-0.4, -0.2) is 54.0 Å². The Morgan fingerprint density at radius 2 is 1.85 bits per heavy atom. The van der Waals surface area contributed by atoms with Gasteiger partial charge in [-0.15, -0.1) is 0 Å². The van der Waals surface area contributed by atoms with Crippen LogP contribution in [0.25, 0.3) is 16.6 Å². The molecule has 0 radical (unpaired) electrons. The van der Waals surface area contributed by atoms with Gasteiger partial charge in [-0.05, 0) is 49.2 Å². The highest BCUT2D eigenvalue weighted by atomic mass is 16.5. The van der Waals surface area contributed by atoms with E-state index in [-0.39, 0.29) is 6.42 Å². The predicted octanol–water partition coefficient (Wildman–Crippen LogP) is 3.12. The molecule has 5 rings (SSSR count). The highest BCUT2D eigenvalue weighted by Gasteiger charge is 2.54. The van der Waals surface area contributed by atoms with Crippen molar-refractivity contribution in [1.82, 2.24) is 19.7 Å². The lowest BCUT2D eigenvalue weighted by Gasteiger charge is -2.32. The predicted molar refractivity (Wildman–Crippen MR) is 118 cm³/mol. The fourth-order valence-electron chi connectivity index (χ4n) is 4.18. The molecule has 1 aliphatic rings. The van der Waals surface area contributed by atoms with E-state index in [2.05, 4.69) is 15.1 Å². The quantitative estimate of drug-likeness (QED) is 0.430. The minimum absolute atomic E-state index is 0.0304. The molecule has 2 N–H and O–H groups in total. The van der Waals surface area contributed by atoms with Crippen molar-refractivity contribution >= 4 is 28.5 Å². The van der Waals surface area contributed by atoms with Crippen LogP contribution in [0, 0.1) is 0 Å². The van der Waals surface area contributed by atoms with Gasteiger partial charge in [0.2, 0.25) is 11.4 Å². The first-order chi connectivity index (χ1) is 16.0. The number of carboxylic acid groups (broad SMARTS) is 2. The van der Waals surface area contributed by atoms with E-state index in [0.717, 1.165) is 16.6 Å². The van der Waals surface area contributed by atoms with Crippen molar-refractivity contribution in [2.24, 2.45) is 0 Å². The topological polar surface area (TPSA) is 131 Å². The van der Waals surface area contributed by atoms with E-state index in [0.29, 0.717) is 30.3 Å². The Morgan fingerprint density at radius 3 is 2.55 bits per heavy atom. The zero-order valence-corrected chi connectivity index (χ0v) is 17.3. The summed E-state index contributed by atoms with van der Waals surface area (Å²) in [7, 11) is 0. The highest BCUT2D eigenvalue weighted by Crippen LogP contribution is 2.35. The number of aromatic nitrogens is 4. The van der Waals surface area contributed by atoms with Gasteiger partial charge in [-0.3, -0.25) is 4.98 Å². The number of hydrogen-bond donors (Lipinski definition) is 2. The molecule has 0 atom stereocenters. The van der Waals surface area contributed by atoms with Crippen molar-refractivity contribution in [3.8, 4) is 17.3 Å². The van der Waals surface area contributed by atoms with Crippen LogP contribution in [-0.2, 0) is 9.59 Å². The summed E-state index contributed by atoms with van der Waals surface area (Å²) in [6, 6.07) is 12.5. The molecule has 0 unspecified atom stereocenters. The maximum absolute atomic E-state index is 11.8. The highest BCUT2D eigenvalue weighted by molar-refractivity contribution is 6.07. The minimum atomic E-state index is -1.98. The summed E-state index contributed by atoms with van der Waals surface area (Å²) in [4.78, 5) is 33.3. The van der Waals surface area contributed by atoms with E-state index in [1.807, 2.05) is 24.3 Å². The maximum atomic E-state index is 11.8. The van der Waals surface area contributed by atoms with Crippen molar-refractivity contribution in [3.63, 3.8) is 0 Å². The number of carbonyl (C=O) groups is 2. The Hall–Kier alpha value is -4.47. The molecule has 0 aliphatic carbocycles. The minimum Gasteiger partial charge on any atom is -0.479 e. The molecule has 1 aromatic carbocycles. The summed E-state index contributed by atoms with van der Waals surface area (Å²) < 4.78 is 7.64. The van der Waals surface area contributed by atoms with Crippen molar-refractivity contribution < 1.29 is 24.5 Å². The molecule has 33 heavy (non-hydrogen) atoms. The average molecular weight is 445 g/mol. The van der Waals surface area contributed by atoms with Crippen LogP contribution < -0.4 is 9.64 Å². The molecule has 0 saturated carbocycles. The third-order valence-electron chi connectivity index (χ3n) is 5.77. The number of ether oxygens (including phenoxy) is 1. The third-order valence-corrected chi connectivity index (χ3v) is 5.77. The fourth-order valence-corrected chi connectivity index (χ4v) is 4.18. The smallest absolute Gasteiger partial charge is 0.341 e. The summed E-state index contributed by atoms with van der Waals surface area (Å²) in [6.45, 7) is 0.318. The van der Waals surface area contributed by atoms with Gasteiger partial charge in [0.25, 0.3) is 0 Å². The third kappa shape index (κ3) is 3.41. The van der Waals surface area contributed by atoms with Crippen LogP contribution in [0.1, 0.15) is 12.8 Å². The number of nitrogens with zero attached hydrogens (tertiary/aromatic N) is 5. The molecule has 3 aromatic heterocycles. The second-order valence-corrected chi connectivity index (χ2v) is 7.67. The van der Waals surface area contributed by atoms with Gasteiger partial charge in [0.15, 0.2) is 0 Å². The Kier molecular flexibility index (Phi) is 4.89. The molecule has 0 spiro atoms. The van der Waals surface area contributed by atoms with Crippen LogP contribution in [0.3, 0.4) is 0 Å². The Balaban J connectivity index is 1.37. The van der Waals surface area contributed by atoms with E-state index in [9.17, 15) is 19.8 Å². The van der Waals surface area contributed by atoms with E-state index in [1.165, 1.54) is 11.1 Å². The normalized spacial score (nSPS) is 15.0. The standard InChI is InChI=1S/C23H19N5O5/c29-21(30)23(22(31)32)8-2-10-27(23)16-4-7-20(25-14-16)33-18-5-6-19-15(11-18)12-26-28(19)17-3-1-9-24-13-17/h1,3-7,9,11-14H,2,8,10H2,(H,29,30)(H,31,32). The maximum Gasteiger partial charge on any atom is 0.341 e. The number of pyridine rings is 2. The van der Waals surface area contributed by atoms with Crippen LogP contribution in [0.15, 0.2) is 67.3 Å². The number of rotatable bonds is 6. The molecule has 166 valence electrons. The summed E-state index contributed by atoms with van der Waals surface area (Å²) in [5, 5.41) is 24.5. The van der Waals surface area contributed by atoms with E-state index in [4.69, 9.17) is 4.74 Å². The fraction of sp³-hybridized carbons (Fsp3) is 0.174. The van der Waals surface area contributed by atoms with Gasteiger partial charge in [0, 0.05) is 24.2 Å². The van der Waals surface area contributed by atoms with Crippen LogP contribution in [0.2, 0.25) is 0 Å². The zero-order valence-electron chi connectivity index (χ0n) is 17.3. The van der Waals surface area contributed by atoms with Gasteiger partial charge >= 0.3 is 11.9 Å². The molecule has 1 fully saturated rings. The molecule has 4 heterocycles. The SMILES string of the molecule is O=C(O)C1(C(=O)O)CCCN1c1ccc(Oc2ccc3c(cnn3-c3cccnc3)c2)nc1.